The van der Waals surface area contributed by atoms with E-state index in [1.807, 2.05) is 0 Å². The molecule has 2 unspecified atom stereocenters. The highest BCUT2D eigenvalue weighted by atomic mass is 16.5. The van der Waals surface area contributed by atoms with E-state index in [1.54, 1.807) is 0 Å². The van der Waals surface area contributed by atoms with Gasteiger partial charge >= 0.3 is 0 Å². The summed E-state index contributed by atoms with van der Waals surface area (Å²) in [5.41, 5.74) is 0. The van der Waals surface area contributed by atoms with Crippen LogP contribution in [0.25, 0.3) is 0 Å². The molecule has 0 aromatic carbocycles. The largest absolute Gasteiger partial charge is 0.381 e. The number of aliphatic imine (C=N–C) groups is 1. The number of rotatable bonds is 9. The van der Waals surface area contributed by atoms with Crippen LogP contribution in [0.3, 0.4) is 0 Å². The highest BCUT2D eigenvalue weighted by molar-refractivity contribution is 5.80. The van der Waals surface area contributed by atoms with E-state index in [-0.39, 0.29) is 0 Å². The summed E-state index contributed by atoms with van der Waals surface area (Å²) in [5, 5.41) is 3.45. The van der Waals surface area contributed by atoms with Crippen molar-refractivity contribution in [2.24, 2.45) is 22.7 Å². The zero-order valence-electron chi connectivity index (χ0n) is 15.9. The first-order chi connectivity index (χ1) is 11.7. The van der Waals surface area contributed by atoms with Crippen molar-refractivity contribution in [3.8, 4) is 0 Å². The van der Waals surface area contributed by atoms with Crippen molar-refractivity contribution in [3.63, 3.8) is 0 Å². The Morgan fingerprint density at radius 3 is 2.92 bits per heavy atom. The summed E-state index contributed by atoms with van der Waals surface area (Å²) >= 11 is 0. The molecule has 0 spiro atoms. The lowest BCUT2D eigenvalue weighted by Gasteiger charge is -2.22. The minimum atomic E-state index is 0.605. The predicted octanol–water partition coefficient (Wildman–Crippen LogP) is 2.76. The molecule has 0 saturated carbocycles. The Kier molecular flexibility index (Phi) is 8.89. The number of guanidine groups is 1. The Morgan fingerprint density at radius 2 is 2.21 bits per heavy atom. The van der Waals surface area contributed by atoms with E-state index in [2.05, 4.69) is 31.0 Å². The van der Waals surface area contributed by atoms with Crippen LogP contribution >= 0.6 is 0 Å². The molecule has 2 rings (SSSR count). The van der Waals surface area contributed by atoms with Gasteiger partial charge in [0, 0.05) is 45.3 Å². The molecule has 2 heterocycles. The van der Waals surface area contributed by atoms with Gasteiger partial charge in [-0.25, -0.2) is 0 Å². The number of nitrogens with one attached hydrogen (secondary N) is 1. The van der Waals surface area contributed by atoms with Gasteiger partial charge in [-0.3, -0.25) is 4.99 Å². The fraction of sp³-hybridized carbons (Fsp3) is 0.947. The minimum Gasteiger partial charge on any atom is -0.381 e. The standard InChI is InChI=1S/C19H37N3O2/c1-4-20-19(22-9-6-17(13-22)12-16(2)3)21-8-5-10-23-14-18-7-11-24-15-18/h16-18H,4-15H2,1-3H3,(H,20,21). The van der Waals surface area contributed by atoms with Crippen LogP contribution in [-0.4, -0.2) is 63.5 Å². The molecule has 0 aliphatic carbocycles. The van der Waals surface area contributed by atoms with Gasteiger partial charge in [-0.2, -0.15) is 0 Å². The second-order valence-electron chi connectivity index (χ2n) is 7.62. The monoisotopic (exact) mass is 339 g/mol. The summed E-state index contributed by atoms with van der Waals surface area (Å²) in [4.78, 5) is 7.24. The van der Waals surface area contributed by atoms with Crippen LogP contribution in [0, 0.1) is 17.8 Å². The Bertz CT molecular complexity index is 368. The van der Waals surface area contributed by atoms with Gasteiger partial charge in [0.1, 0.15) is 0 Å². The van der Waals surface area contributed by atoms with E-state index in [0.717, 1.165) is 83.2 Å². The van der Waals surface area contributed by atoms with Gasteiger partial charge < -0.3 is 19.7 Å². The Hall–Kier alpha value is -0.810. The Balaban J connectivity index is 1.64. The average molecular weight is 340 g/mol. The van der Waals surface area contributed by atoms with Crippen molar-refractivity contribution in [3.05, 3.63) is 0 Å². The lowest BCUT2D eigenvalue weighted by atomic mass is 9.97. The van der Waals surface area contributed by atoms with E-state index in [0.29, 0.717) is 5.92 Å². The molecule has 0 aromatic heterocycles. The van der Waals surface area contributed by atoms with Gasteiger partial charge in [-0.05, 0) is 44.4 Å². The van der Waals surface area contributed by atoms with E-state index in [4.69, 9.17) is 14.5 Å². The van der Waals surface area contributed by atoms with Gasteiger partial charge in [0.25, 0.3) is 0 Å². The van der Waals surface area contributed by atoms with Crippen LogP contribution in [0.5, 0.6) is 0 Å². The molecule has 5 heteroatoms. The summed E-state index contributed by atoms with van der Waals surface area (Å²) in [7, 11) is 0. The Morgan fingerprint density at radius 1 is 1.33 bits per heavy atom. The molecular formula is C19H37N3O2. The van der Waals surface area contributed by atoms with Gasteiger partial charge in [-0.1, -0.05) is 13.8 Å². The van der Waals surface area contributed by atoms with Gasteiger partial charge in [0.05, 0.1) is 13.2 Å². The van der Waals surface area contributed by atoms with Crippen molar-refractivity contribution in [2.75, 3.05) is 52.6 Å². The number of ether oxygens (including phenoxy) is 2. The number of likely N-dealkylation sites (tertiary alicyclic amines) is 1. The molecular weight excluding hydrogens is 302 g/mol. The first-order valence-corrected chi connectivity index (χ1v) is 9.87. The highest BCUT2D eigenvalue weighted by Crippen LogP contribution is 2.23. The van der Waals surface area contributed by atoms with Gasteiger partial charge in [0.2, 0.25) is 0 Å². The van der Waals surface area contributed by atoms with E-state index < -0.39 is 0 Å². The minimum absolute atomic E-state index is 0.605. The van der Waals surface area contributed by atoms with Crippen molar-refractivity contribution in [2.45, 2.75) is 46.5 Å². The third-order valence-corrected chi connectivity index (χ3v) is 4.81. The number of hydrogen-bond acceptors (Lipinski definition) is 3. The highest BCUT2D eigenvalue weighted by Gasteiger charge is 2.25. The number of hydrogen-bond donors (Lipinski definition) is 1. The molecule has 1 N–H and O–H groups in total. The molecule has 2 aliphatic heterocycles. The fourth-order valence-corrected chi connectivity index (χ4v) is 3.63. The summed E-state index contributed by atoms with van der Waals surface area (Å²) in [6.07, 6.45) is 4.77. The second-order valence-corrected chi connectivity index (χ2v) is 7.62. The van der Waals surface area contributed by atoms with Crippen molar-refractivity contribution in [1.29, 1.82) is 0 Å². The first-order valence-electron chi connectivity index (χ1n) is 9.87. The first kappa shape index (κ1) is 19.5. The molecule has 24 heavy (non-hydrogen) atoms. The van der Waals surface area contributed by atoms with Gasteiger partial charge in [-0.15, -0.1) is 0 Å². The SMILES string of the molecule is CCNC(=NCCCOCC1CCOC1)N1CCC(CC(C)C)C1. The molecule has 5 nitrogen and oxygen atoms in total. The quantitative estimate of drug-likeness (QED) is 0.399. The van der Waals surface area contributed by atoms with Crippen LogP contribution < -0.4 is 5.32 Å². The summed E-state index contributed by atoms with van der Waals surface area (Å²) in [5.74, 6) is 3.31. The third kappa shape index (κ3) is 6.98. The Labute approximate surface area is 148 Å². The molecule has 0 aromatic rings. The maximum absolute atomic E-state index is 5.76. The van der Waals surface area contributed by atoms with E-state index >= 15 is 0 Å². The topological polar surface area (TPSA) is 46.1 Å². The molecule has 0 radical (unpaired) electrons. The predicted molar refractivity (Wildman–Crippen MR) is 99.5 cm³/mol. The zero-order valence-corrected chi connectivity index (χ0v) is 15.9. The molecule has 2 aliphatic rings. The van der Waals surface area contributed by atoms with Gasteiger partial charge in [0.15, 0.2) is 5.96 Å². The van der Waals surface area contributed by atoms with Crippen LogP contribution in [-0.2, 0) is 9.47 Å². The zero-order chi connectivity index (χ0) is 17.2. The fourth-order valence-electron chi connectivity index (χ4n) is 3.63. The van der Waals surface area contributed by atoms with Crippen LogP contribution in [0.2, 0.25) is 0 Å². The molecule has 140 valence electrons. The number of nitrogens with zero attached hydrogens (tertiary/aromatic N) is 2. The van der Waals surface area contributed by atoms with Crippen molar-refractivity contribution < 1.29 is 9.47 Å². The molecule has 2 atom stereocenters. The summed E-state index contributed by atoms with van der Waals surface area (Å²) in [6.45, 7) is 14.3. The smallest absolute Gasteiger partial charge is 0.193 e. The lowest BCUT2D eigenvalue weighted by Crippen LogP contribution is -2.40. The van der Waals surface area contributed by atoms with Crippen LogP contribution in [0.4, 0.5) is 0 Å². The van der Waals surface area contributed by atoms with Crippen LogP contribution in [0.15, 0.2) is 4.99 Å². The van der Waals surface area contributed by atoms with Crippen LogP contribution in [0.1, 0.15) is 46.5 Å². The summed E-state index contributed by atoms with van der Waals surface area (Å²) in [6, 6.07) is 0. The van der Waals surface area contributed by atoms with E-state index in [9.17, 15) is 0 Å². The molecule has 2 saturated heterocycles. The van der Waals surface area contributed by atoms with E-state index in [1.165, 1.54) is 12.8 Å². The molecule has 2 fully saturated rings. The van der Waals surface area contributed by atoms with Crippen molar-refractivity contribution in [1.82, 2.24) is 10.2 Å². The normalized spacial score (nSPS) is 25.0. The molecule has 0 bridgehead atoms. The maximum Gasteiger partial charge on any atom is 0.193 e. The average Bonchev–Trinajstić information content (AvgIpc) is 3.21. The second kappa shape index (κ2) is 10.9. The molecule has 0 amide bonds. The maximum atomic E-state index is 5.76. The summed E-state index contributed by atoms with van der Waals surface area (Å²) < 4.78 is 11.1. The third-order valence-electron chi connectivity index (χ3n) is 4.81. The lowest BCUT2D eigenvalue weighted by molar-refractivity contribution is 0.0893. The van der Waals surface area contributed by atoms with Crippen molar-refractivity contribution >= 4 is 5.96 Å².